The lowest BCUT2D eigenvalue weighted by Crippen LogP contribution is -2.38. The highest BCUT2D eigenvalue weighted by Gasteiger charge is 2.20. The maximum absolute atomic E-state index is 12.9. The smallest absolute Gasteiger partial charge is 0.254 e. The minimum Gasteiger partial charge on any atom is -0.329 e. The second kappa shape index (κ2) is 9.28. The monoisotopic (exact) mass is 393 g/mol. The molecule has 0 saturated heterocycles. The Kier molecular flexibility index (Phi) is 6.55. The van der Waals surface area contributed by atoms with Crippen LogP contribution in [0.4, 0.5) is 5.13 Å². The molecule has 1 heterocycles. The summed E-state index contributed by atoms with van der Waals surface area (Å²) in [4.78, 5) is 31.5. The molecule has 0 saturated carbocycles. The number of carbonyl (C=O) groups excluding carboxylic acids is 2. The van der Waals surface area contributed by atoms with Crippen molar-refractivity contribution in [3.8, 4) is 11.3 Å². The average Bonchev–Trinajstić information content (AvgIpc) is 3.16. The Hall–Kier alpha value is -2.99. The lowest BCUT2D eigenvalue weighted by atomic mass is 10.1. The van der Waals surface area contributed by atoms with Crippen LogP contribution in [0.25, 0.3) is 11.3 Å². The molecule has 0 aliphatic rings. The first-order chi connectivity index (χ1) is 13.6. The van der Waals surface area contributed by atoms with Gasteiger partial charge in [0.05, 0.1) is 5.69 Å². The Bertz CT molecular complexity index is 953. The number of nitrogens with one attached hydrogen (secondary N) is 1. The Morgan fingerprint density at radius 3 is 2.50 bits per heavy atom. The maximum atomic E-state index is 12.9. The zero-order valence-electron chi connectivity index (χ0n) is 16.0. The zero-order valence-corrected chi connectivity index (χ0v) is 16.8. The molecule has 0 radical (unpaired) electrons. The van der Waals surface area contributed by atoms with E-state index >= 15 is 0 Å². The average molecular weight is 394 g/mol. The van der Waals surface area contributed by atoms with Crippen LogP contribution in [0, 0.1) is 6.92 Å². The zero-order chi connectivity index (χ0) is 19.9. The van der Waals surface area contributed by atoms with Gasteiger partial charge in [0.15, 0.2) is 5.13 Å². The first-order valence-electron chi connectivity index (χ1n) is 9.24. The Balaban J connectivity index is 1.67. The molecule has 5 nitrogen and oxygen atoms in total. The predicted octanol–water partition coefficient (Wildman–Crippen LogP) is 4.61. The van der Waals surface area contributed by atoms with Gasteiger partial charge in [-0.05, 0) is 25.0 Å². The molecule has 0 fully saturated rings. The van der Waals surface area contributed by atoms with Crippen LogP contribution in [0.3, 0.4) is 0 Å². The molecule has 0 bridgehead atoms. The Labute approximate surface area is 169 Å². The van der Waals surface area contributed by atoms with E-state index < -0.39 is 0 Å². The number of rotatable bonds is 7. The van der Waals surface area contributed by atoms with E-state index in [9.17, 15) is 9.59 Å². The highest BCUT2D eigenvalue weighted by atomic mass is 32.1. The predicted molar refractivity (Wildman–Crippen MR) is 114 cm³/mol. The third-order valence-electron chi connectivity index (χ3n) is 4.31. The molecular weight excluding hydrogens is 370 g/mol. The normalized spacial score (nSPS) is 10.5. The number of hydrogen-bond donors (Lipinski definition) is 1. The van der Waals surface area contributed by atoms with Gasteiger partial charge in [-0.3, -0.25) is 9.59 Å². The van der Waals surface area contributed by atoms with Crippen molar-refractivity contribution in [1.29, 1.82) is 0 Å². The number of benzene rings is 2. The van der Waals surface area contributed by atoms with Crippen LogP contribution in [0.2, 0.25) is 0 Å². The molecule has 2 amide bonds. The van der Waals surface area contributed by atoms with Gasteiger partial charge in [-0.15, -0.1) is 11.3 Å². The largest absolute Gasteiger partial charge is 0.329 e. The summed E-state index contributed by atoms with van der Waals surface area (Å²) in [5, 5.41) is 5.26. The molecule has 0 spiro atoms. The molecule has 0 aliphatic carbocycles. The molecule has 3 aromatic rings. The van der Waals surface area contributed by atoms with E-state index in [-0.39, 0.29) is 18.4 Å². The summed E-state index contributed by atoms with van der Waals surface area (Å²) < 4.78 is 0. The number of anilines is 1. The summed E-state index contributed by atoms with van der Waals surface area (Å²) in [6.45, 7) is 4.41. The Morgan fingerprint density at radius 1 is 1.07 bits per heavy atom. The second-order valence-electron chi connectivity index (χ2n) is 6.49. The first-order valence-corrected chi connectivity index (χ1v) is 10.1. The molecule has 0 aliphatic heterocycles. The molecule has 1 aromatic heterocycles. The van der Waals surface area contributed by atoms with Gasteiger partial charge < -0.3 is 10.2 Å². The Morgan fingerprint density at radius 2 is 1.79 bits per heavy atom. The maximum Gasteiger partial charge on any atom is 0.254 e. The number of hydrogen-bond acceptors (Lipinski definition) is 4. The molecule has 2 aromatic carbocycles. The quantitative estimate of drug-likeness (QED) is 0.638. The van der Waals surface area contributed by atoms with Crippen LogP contribution >= 0.6 is 11.3 Å². The van der Waals surface area contributed by atoms with Crippen molar-refractivity contribution in [1.82, 2.24) is 9.88 Å². The van der Waals surface area contributed by atoms with Crippen molar-refractivity contribution in [3.05, 3.63) is 71.1 Å². The fourth-order valence-corrected chi connectivity index (χ4v) is 3.65. The summed E-state index contributed by atoms with van der Waals surface area (Å²) in [7, 11) is 0. The van der Waals surface area contributed by atoms with Gasteiger partial charge in [0.2, 0.25) is 5.91 Å². The van der Waals surface area contributed by atoms with Crippen LogP contribution in [-0.2, 0) is 4.79 Å². The van der Waals surface area contributed by atoms with Gasteiger partial charge >= 0.3 is 0 Å². The van der Waals surface area contributed by atoms with Crippen molar-refractivity contribution in [2.45, 2.75) is 20.3 Å². The fraction of sp³-hybridized carbons (Fsp3) is 0.227. The standard InChI is InChI=1S/C22H23N3O2S/c1-3-13-25(21(27)18-12-8-7-9-16(18)2)14-20(26)24-22-23-19(15-28-22)17-10-5-4-6-11-17/h4-12,15H,3,13-14H2,1-2H3,(H,23,24,26). The third kappa shape index (κ3) is 4.84. The van der Waals surface area contributed by atoms with Crippen LogP contribution in [0.1, 0.15) is 29.3 Å². The third-order valence-corrected chi connectivity index (χ3v) is 5.07. The van der Waals surface area contributed by atoms with Gasteiger partial charge in [0.1, 0.15) is 6.54 Å². The molecule has 28 heavy (non-hydrogen) atoms. The fourth-order valence-electron chi connectivity index (χ4n) is 2.91. The van der Waals surface area contributed by atoms with Gasteiger partial charge in [0, 0.05) is 23.1 Å². The topological polar surface area (TPSA) is 62.3 Å². The number of aryl methyl sites for hydroxylation is 1. The SMILES string of the molecule is CCCN(CC(=O)Nc1nc(-c2ccccc2)cs1)C(=O)c1ccccc1C. The lowest BCUT2D eigenvalue weighted by Gasteiger charge is -2.22. The molecule has 0 atom stereocenters. The lowest BCUT2D eigenvalue weighted by molar-refractivity contribution is -0.116. The van der Waals surface area contributed by atoms with E-state index in [2.05, 4.69) is 10.3 Å². The number of carbonyl (C=O) groups is 2. The van der Waals surface area contributed by atoms with E-state index in [1.165, 1.54) is 11.3 Å². The van der Waals surface area contributed by atoms with E-state index in [1.807, 2.05) is 67.8 Å². The van der Waals surface area contributed by atoms with Gasteiger partial charge in [-0.1, -0.05) is 55.5 Å². The molecule has 144 valence electrons. The van der Waals surface area contributed by atoms with Crippen LogP contribution in [0.15, 0.2) is 60.0 Å². The molecular formula is C22H23N3O2S. The highest BCUT2D eigenvalue weighted by molar-refractivity contribution is 7.14. The number of amides is 2. The van der Waals surface area contributed by atoms with E-state index in [4.69, 9.17) is 0 Å². The van der Waals surface area contributed by atoms with Gasteiger partial charge in [0.25, 0.3) is 5.91 Å². The number of thiazole rings is 1. The number of aromatic nitrogens is 1. The van der Waals surface area contributed by atoms with Gasteiger partial charge in [-0.2, -0.15) is 0 Å². The molecule has 0 unspecified atom stereocenters. The van der Waals surface area contributed by atoms with E-state index in [1.54, 1.807) is 11.0 Å². The summed E-state index contributed by atoms with van der Waals surface area (Å²) in [6, 6.07) is 17.2. The van der Waals surface area contributed by atoms with Crippen molar-refractivity contribution in [3.63, 3.8) is 0 Å². The minimum atomic E-state index is -0.246. The van der Waals surface area contributed by atoms with Crippen molar-refractivity contribution in [2.75, 3.05) is 18.4 Å². The second-order valence-corrected chi connectivity index (χ2v) is 7.35. The van der Waals surface area contributed by atoms with Crippen LogP contribution < -0.4 is 5.32 Å². The van der Waals surface area contributed by atoms with E-state index in [0.717, 1.165) is 23.2 Å². The molecule has 3 rings (SSSR count). The van der Waals surface area contributed by atoms with Crippen LogP contribution in [0.5, 0.6) is 0 Å². The molecule has 1 N–H and O–H groups in total. The summed E-state index contributed by atoms with van der Waals surface area (Å²) in [5.41, 5.74) is 3.36. The minimum absolute atomic E-state index is 0.00125. The highest BCUT2D eigenvalue weighted by Crippen LogP contribution is 2.24. The summed E-state index contributed by atoms with van der Waals surface area (Å²) in [5.74, 6) is -0.372. The van der Waals surface area contributed by atoms with Crippen molar-refractivity contribution >= 4 is 28.3 Å². The van der Waals surface area contributed by atoms with E-state index in [0.29, 0.717) is 17.2 Å². The van der Waals surface area contributed by atoms with Crippen LogP contribution in [-0.4, -0.2) is 34.8 Å². The number of nitrogens with zero attached hydrogens (tertiary/aromatic N) is 2. The first kappa shape index (κ1) is 19.8. The summed E-state index contributed by atoms with van der Waals surface area (Å²) in [6.07, 6.45) is 0.778. The molecule has 6 heteroatoms. The van der Waals surface area contributed by atoms with Gasteiger partial charge in [-0.25, -0.2) is 4.98 Å². The van der Waals surface area contributed by atoms with Crippen molar-refractivity contribution in [2.24, 2.45) is 0 Å². The summed E-state index contributed by atoms with van der Waals surface area (Å²) >= 11 is 1.37. The van der Waals surface area contributed by atoms with Crippen molar-refractivity contribution < 1.29 is 9.59 Å².